The van der Waals surface area contributed by atoms with E-state index >= 15 is 0 Å². The van der Waals surface area contributed by atoms with E-state index in [0.29, 0.717) is 12.0 Å². The van der Waals surface area contributed by atoms with Crippen LogP contribution >= 0.6 is 11.6 Å². The molecule has 4 heterocycles. The molecule has 4 rings (SSSR count). The van der Waals surface area contributed by atoms with Gasteiger partial charge in [-0.1, -0.05) is 38.5 Å². The molecule has 1 unspecified atom stereocenters. The van der Waals surface area contributed by atoms with Crippen LogP contribution in [0.25, 0.3) is 0 Å². The number of halogens is 1. The van der Waals surface area contributed by atoms with Crippen LogP contribution in [-0.4, -0.2) is 201 Å². The summed E-state index contributed by atoms with van der Waals surface area (Å²) in [5.41, 5.74) is -0.846. The summed E-state index contributed by atoms with van der Waals surface area (Å²) >= 11 is 5.73. The minimum Gasteiger partial charge on any atom is -0.462 e. The molecule has 23 heteroatoms. The SMILES string of the molecule is CC[C@H]1OC(=O)C[C@@H](OC(C)=O)[C@H](C)[C@@H](O[C@@H]2O[C@H](C)[C@@H](O[C@H]3C[C@@](C)(O)[C@@H](OC(=O)CCl)[C@H](C)O3)[C@H](N(C)C)[C@H]2O[Si](C)(C)C)[C@@H](CC=O)C[C@@H](C)C(=O)/C=C/C(C)=C/C1CO[C@@H]1O[C@H](C)[C@@H](O[Si](C)(C)C)[C@@H](OC)[C@H]1OC. The molecule has 0 aromatic heterocycles. The zero-order chi connectivity index (χ0) is 59.5. The summed E-state index contributed by atoms with van der Waals surface area (Å²) < 4.78 is 83.3. The molecule has 0 radical (unpaired) electrons. The lowest BCUT2D eigenvalue weighted by molar-refractivity contribution is -0.340. The van der Waals surface area contributed by atoms with E-state index in [4.69, 9.17) is 72.6 Å². The molecule has 0 saturated carbocycles. The second-order valence-corrected chi connectivity index (χ2v) is 33.5. The van der Waals surface area contributed by atoms with Gasteiger partial charge in [0.2, 0.25) is 0 Å². The number of alkyl halides is 1. The van der Waals surface area contributed by atoms with E-state index in [1.807, 2.05) is 72.4 Å². The highest BCUT2D eigenvalue weighted by Gasteiger charge is 2.54. The Morgan fingerprint density at radius 1 is 0.835 bits per heavy atom. The van der Waals surface area contributed by atoms with Crippen LogP contribution in [0.2, 0.25) is 39.3 Å². The minimum absolute atomic E-state index is 0.0160. The van der Waals surface area contributed by atoms with Crippen LogP contribution in [0.1, 0.15) is 94.4 Å². The minimum atomic E-state index is -2.49. The van der Waals surface area contributed by atoms with Crippen molar-refractivity contribution in [1.29, 1.82) is 0 Å². The van der Waals surface area contributed by atoms with Crippen LogP contribution in [0.3, 0.4) is 0 Å². The lowest BCUT2D eigenvalue weighted by Crippen LogP contribution is -2.67. The van der Waals surface area contributed by atoms with Gasteiger partial charge in [0.25, 0.3) is 0 Å². The summed E-state index contributed by atoms with van der Waals surface area (Å²) in [5.74, 6) is -5.27. The third-order valence-corrected chi connectivity index (χ3v) is 17.1. The predicted molar refractivity (Wildman–Crippen MR) is 299 cm³/mol. The van der Waals surface area contributed by atoms with Crippen molar-refractivity contribution in [1.82, 2.24) is 4.90 Å². The molecule has 0 aromatic carbocycles. The second-order valence-electron chi connectivity index (χ2n) is 24.3. The first-order valence-corrected chi connectivity index (χ1v) is 35.3. The van der Waals surface area contributed by atoms with Crippen molar-refractivity contribution in [3.8, 4) is 0 Å². The Bertz CT molecular complexity index is 2050. The van der Waals surface area contributed by atoms with Gasteiger partial charge in [0.05, 0.1) is 49.6 Å². The van der Waals surface area contributed by atoms with Crippen molar-refractivity contribution in [2.45, 2.75) is 237 Å². The Kier molecular flexibility index (Phi) is 26.5. The first-order chi connectivity index (χ1) is 36.8. The number of aliphatic hydroxyl groups is 1. The van der Waals surface area contributed by atoms with E-state index in [1.165, 1.54) is 13.0 Å². The van der Waals surface area contributed by atoms with Crippen LogP contribution in [0.5, 0.6) is 0 Å². The number of allylic oxidation sites excluding steroid dienone is 3. The van der Waals surface area contributed by atoms with Crippen LogP contribution in [0.15, 0.2) is 23.8 Å². The van der Waals surface area contributed by atoms with Gasteiger partial charge < -0.3 is 75.8 Å². The average molecular weight is 1180 g/mol. The summed E-state index contributed by atoms with van der Waals surface area (Å²) in [6, 6.07) is -0.581. The molecule has 0 amide bonds. The number of likely N-dealkylation sites (N-methyl/N-ethyl adjacent to an activating group) is 1. The largest absolute Gasteiger partial charge is 0.462 e. The predicted octanol–water partition coefficient (Wildman–Crippen LogP) is 6.91. The molecule has 3 saturated heterocycles. The van der Waals surface area contributed by atoms with Gasteiger partial charge in [-0.3, -0.25) is 19.2 Å². The molecule has 4 aliphatic heterocycles. The van der Waals surface area contributed by atoms with Crippen LogP contribution < -0.4 is 0 Å². The molecule has 0 bridgehead atoms. The summed E-state index contributed by atoms with van der Waals surface area (Å²) in [4.78, 5) is 68.7. The molecular weight excluding hydrogens is 1080 g/mol. The number of carbonyl (C=O) groups is 5. The van der Waals surface area contributed by atoms with Crippen LogP contribution in [-0.2, 0) is 84.9 Å². The zero-order valence-corrected chi connectivity index (χ0v) is 53.2. The van der Waals surface area contributed by atoms with Crippen LogP contribution in [0.4, 0.5) is 0 Å². The van der Waals surface area contributed by atoms with Gasteiger partial charge in [0.15, 0.2) is 47.4 Å². The number of cyclic esters (lactones) is 1. The number of ether oxygens (including phenoxy) is 11. The van der Waals surface area contributed by atoms with Crippen molar-refractivity contribution in [3.63, 3.8) is 0 Å². The first-order valence-electron chi connectivity index (χ1n) is 27.9. The van der Waals surface area contributed by atoms with E-state index in [1.54, 1.807) is 48.0 Å². The van der Waals surface area contributed by atoms with E-state index in [-0.39, 0.29) is 38.1 Å². The molecule has 0 aliphatic carbocycles. The van der Waals surface area contributed by atoms with Crippen molar-refractivity contribution in [3.05, 3.63) is 23.8 Å². The van der Waals surface area contributed by atoms with Gasteiger partial charge in [0.1, 0.15) is 54.4 Å². The number of rotatable bonds is 20. The number of ketones is 1. The number of carbonyl (C=O) groups excluding carboxylic acids is 5. The van der Waals surface area contributed by atoms with Gasteiger partial charge in [0, 0.05) is 51.7 Å². The summed E-state index contributed by atoms with van der Waals surface area (Å²) in [6.45, 7) is 27.9. The first kappa shape index (κ1) is 69.0. The Morgan fingerprint density at radius 3 is 1.99 bits per heavy atom. The maximum atomic E-state index is 14.5. The fourth-order valence-corrected chi connectivity index (χ4v) is 13.6. The summed E-state index contributed by atoms with van der Waals surface area (Å²) in [7, 11) is 2.38. The number of esters is 3. The van der Waals surface area contributed by atoms with Gasteiger partial charge in [-0.15, -0.1) is 11.6 Å². The third kappa shape index (κ3) is 19.8. The van der Waals surface area contributed by atoms with Crippen molar-refractivity contribution in [2.75, 3.05) is 40.8 Å². The Morgan fingerprint density at radius 2 is 1.44 bits per heavy atom. The number of nitrogens with zero attached hydrogens (tertiary/aromatic N) is 1. The Labute approximate surface area is 477 Å². The fraction of sp³-hybridized carbons (Fsp3) is 0.839. The number of hydrogen-bond donors (Lipinski definition) is 1. The molecule has 3 fully saturated rings. The normalized spacial score (nSPS) is 39.7. The monoisotopic (exact) mass is 1180 g/mol. The van der Waals surface area contributed by atoms with Gasteiger partial charge in [-0.2, -0.15) is 0 Å². The molecule has 21 atom stereocenters. The maximum Gasteiger partial charge on any atom is 0.321 e. The molecule has 20 nitrogen and oxygen atoms in total. The highest BCUT2D eigenvalue weighted by molar-refractivity contribution is 6.70. The summed E-state index contributed by atoms with van der Waals surface area (Å²) in [5, 5.41) is 11.6. The number of methoxy groups -OCH3 is 2. The highest BCUT2D eigenvalue weighted by atomic mass is 35.5. The maximum absolute atomic E-state index is 14.5. The standard InChI is InChI=1S/C56H96ClNO19Si2/c1-20-41-39(30-67-54-52(66-13)51(65-12)49(35(6)69-54)76-78(14,15)16)25-31(2)21-22-40(61)32(3)26-38(23-24-59)47(33(4)42(71-37(8)60)27-43(62)72-41)75-55-50(77-79(17,18)19)46(58(10)11)48(34(5)70-55)74-45-28-56(9,64)53(36(7)68-45)73-44(63)29-57/h21-22,24-25,32-36,38-39,41-42,45-55,64H,20,23,26-30H2,1-19H3/b22-21+,31-25+/t32-,33+,34-,35-,36+,38+,39?,41-,42-,45+,46+,47-,48-,49-,50-,51-,52-,53+,54-,55+,56-/m1/s1. The molecular formula is C56H96ClNO19Si2. The lowest BCUT2D eigenvalue weighted by Gasteiger charge is -2.52. The Balaban J connectivity index is 1.75. The van der Waals surface area contributed by atoms with Crippen molar-refractivity contribution in [2.24, 2.45) is 23.7 Å². The molecule has 0 aromatic rings. The quantitative estimate of drug-likeness (QED) is 0.0429. The van der Waals surface area contributed by atoms with Crippen LogP contribution in [0, 0.1) is 23.7 Å². The van der Waals surface area contributed by atoms with Gasteiger partial charge in [-0.05, 0) is 113 Å². The third-order valence-electron chi connectivity index (χ3n) is 15.0. The topological polar surface area (TPSA) is 229 Å². The van der Waals surface area contributed by atoms with Crippen molar-refractivity contribution >= 4 is 58.2 Å². The van der Waals surface area contributed by atoms with Gasteiger partial charge in [-0.25, -0.2) is 0 Å². The number of hydrogen-bond acceptors (Lipinski definition) is 20. The molecule has 4 aliphatic rings. The van der Waals surface area contributed by atoms with E-state index in [0.717, 1.165) is 6.29 Å². The molecule has 79 heavy (non-hydrogen) atoms. The molecule has 1 N–H and O–H groups in total. The Hall–Kier alpha value is -2.53. The lowest BCUT2D eigenvalue weighted by atomic mass is 9.79. The smallest absolute Gasteiger partial charge is 0.321 e. The van der Waals surface area contributed by atoms with E-state index < -0.39 is 168 Å². The van der Waals surface area contributed by atoms with E-state index in [2.05, 4.69) is 19.6 Å². The number of aldehydes is 1. The van der Waals surface area contributed by atoms with Crippen molar-refractivity contribution < 1.29 is 90.0 Å². The zero-order valence-electron chi connectivity index (χ0n) is 50.4. The molecule has 0 spiro atoms. The van der Waals surface area contributed by atoms with E-state index in [9.17, 15) is 29.1 Å². The average Bonchev–Trinajstić information content (AvgIpc) is 3.42. The van der Waals surface area contributed by atoms with Gasteiger partial charge >= 0.3 is 17.9 Å². The molecule has 454 valence electrons. The highest BCUT2D eigenvalue weighted by Crippen LogP contribution is 2.40. The fourth-order valence-electron chi connectivity index (χ4n) is 11.3. The summed E-state index contributed by atoms with van der Waals surface area (Å²) in [6.07, 6.45) is -6.10. The second kappa shape index (κ2) is 30.3.